The minimum atomic E-state index is 0. The molecule has 7 heteroatoms. The molecule has 126 valence electrons. The maximum Gasteiger partial charge on any atom is 0.188 e. The number of benzene rings is 1. The van der Waals surface area contributed by atoms with Crippen LogP contribution in [0.1, 0.15) is 13.8 Å². The van der Waals surface area contributed by atoms with Gasteiger partial charge in [-0.1, -0.05) is 35.8 Å². The molecule has 0 bridgehead atoms. The molecule has 0 heterocycles. The average molecular weight is 502 g/mol. The van der Waals surface area contributed by atoms with Crippen LogP contribution in [-0.2, 0) is 0 Å². The van der Waals surface area contributed by atoms with Gasteiger partial charge in [-0.25, -0.2) is 0 Å². The summed E-state index contributed by atoms with van der Waals surface area (Å²) in [7, 11) is 0. The second-order valence-corrected chi connectivity index (χ2v) is 7.11. The van der Waals surface area contributed by atoms with Crippen LogP contribution in [0.3, 0.4) is 0 Å². The zero-order chi connectivity index (χ0) is 15.5. The largest absolute Gasteiger partial charge is 0.493 e. The van der Waals surface area contributed by atoms with Crippen molar-refractivity contribution in [2.45, 2.75) is 13.8 Å². The van der Waals surface area contributed by atoms with Crippen LogP contribution in [0, 0.1) is 5.92 Å². The van der Waals surface area contributed by atoms with E-state index in [0.29, 0.717) is 18.5 Å². The van der Waals surface area contributed by atoms with Gasteiger partial charge >= 0.3 is 0 Å². The van der Waals surface area contributed by atoms with Crippen LogP contribution in [0.15, 0.2) is 33.7 Å². The summed E-state index contributed by atoms with van der Waals surface area (Å²) in [6, 6.07) is 7.88. The van der Waals surface area contributed by atoms with Crippen LogP contribution in [0.5, 0.6) is 5.75 Å². The van der Waals surface area contributed by atoms with E-state index in [4.69, 9.17) is 10.5 Å². The number of halogens is 2. The average Bonchev–Trinajstić information content (AvgIpc) is 2.44. The van der Waals surface area contributed by atoms with Crippen molar-refractivity contribution >= 4 is 57.6 Å². The third-order valence-electron chi connectivity index (χ3n) is 2.47. The van der Waals surface area contributed by atoms with Crippen LogP contribution in [0.2, 0.25) is 0 Å². The summed E-state index contributed by atoms with van der Waals surface area (Å²) in [5, 5.41) is 3.11. The van der Waals surface area contributed by atoms with Gasteiger partial charge in [0.05, 0.1) is 6.61 Å². The Bertz CT molecular complexity index is 447. The predicted octanol–water partition coefficient (Wildman–Crippen LogP) is 3.74. The Kier molecular flexibility index (Phi) is 13.2. The maximum atomic E-state index is 5.75. The molecule has 0 saturated carbocycles. The van der Waals surface area contributed by atoms with E-state index in [0.717, 1.165) is 34.8 Å². The molecule has 0 unspecified atom stereocenters. The summed E-state index contributed by atoms with van der Waals surface area (Å²) in [6.45, 7) is 6.55. The number of hydrogen-bond donors (Lipinski definition) is 2. The first-order chi connectivity index (χ1) is 10.1. The highest BCUT2D eigenvalue weighted by atomic mass is 127. The summed E-state index contributed by atoms with van der Waals surface area (Å²) in [5.74, 6) is 3.91. The van der Waals surface area contributed by atoms with Crippen LogP contribution in [0.25, 0.3) is 0 Å². The number of aliphatic imine (C=N–C) groups is 1. The minimum Gasteiger partial charge on any atom is -0.493 e. The Morgan fingerprint density at radius 2 is 2.18 bits per heavy atom. The van der Waals surface area contributed by atoms with Crippen LogP contribution in [-0.4, -0.2) is 37.2 Å². The van der Waals surface area contributed by atoms with Crippen molar-refractivity contribution in [3.05, 3.63) is 28.7 Å². The van der Waals surface area contributed by atoms with Crippen molar-refractivity contribution in [2.24, 2.45) is 16.6 Å². The first kappa shape index (κ1) is 21.9. The molecule has 0 aliphatic rings. The SMILES string of the molecule is CC(C)CN=C(N)NCCSCCOc1cccc(Br)c1.I. The second kappa shape index (κ2) is 13.3. The molecule has 0 radical (unpaired) electrons. The molecular weight excluding hydrogens is 477 g/mol. The highest BCUT2D eigenvalue weighted by Crippen LogP contribution is 2.17. The van der Waals surface area contributed by atoms with Gasteiger partial charge in [-0.05, 0) is 24.1 Å². The summed E-state index contributed by atoms with van der Waals surface area (Å²) >= 11 is 5.26. The van der Waals surface area contributed by atoms with Crippen LogP contribution < -0.4 is 15.8 Å². The van der Waals surface area contributed by atoms with Gasteiger partial charge in [-0.15, -0.1) is 24.0 Å². The van der Waals surface area contributed by atoms with E-state index in [1.165, 1.54) is 0 Å². The van der Waals surface area contributed by atoms with Gasteiger partial charge in [-0.2, -0.15) is 11.8 Å². The van der Waals surface area contributed by atoms with E-state index in [-0.39, 0.29) is 24.0 Å². The number of nitrogens with two attached hydrogens (primary N) is 1. The number of guanidine groups is 1. The fourth-order valence-corrected chi connectivity index (χ4v) is 2.50. The first-order valence-electron chi connectivity index (χ1n) is 7.08. The van der Waals surface area contributed by atoms with Crippen LogP contribution in [0.4, 0.5) is 0 Å². The molecule has 0 amide bonds. The quantitative estimate of drug-likeness (QED) is 0.234. The fraction of sp³-hybridized carbons (Fsp3) is 0.533. The second-order valence-electron chi connectivity index (χ2n) is 4.96. The Balaban J connectivity index is 0.00000441. The van der Waals surface area contributed by atoms with Gasteiger partial charge in [0.1, 0.15) is 5.75 Å². The standard InChI is InChI=1S/C15H24BrN3OS.HI/c1-12(2)11-19-15(17)18-6-8-21-9-7-20-14-5-3-4-13(16)10-14;/h3-5,10,12H,6-9,11H2,1-2H3,(H3,17,18,19);1H. The molecule has 0 atom stereocenters. The zero-order valence-corrected chi connectivity index (χ0v) is 17.8. The van der Waals surface area contributed by atoms with Gasteiger partial charge in [0.2, 0.25) is 0 Å². The van der Waals surface area contributed by atoms with Crippen molar-refractivity contribution in [3.8, 4) is 5.75 Å². The van der Waals surface area contributed by atoms with Crippen molar-refractivity contribution < 1.29 is 4.74 Å². The third-order valence-corrected chi connectivity index (χ3v) is 3.91. The molecule has 0 aliphatic heterocycles. The first-order valence-corrected chi connectivity index (χ1v) is 9.02. The van der Waals surface area contributed by atoms with E-state index >= 15 is 0 Å². The molecule has 0 spiro atoms. The highest BCUT2D eigenvalue weighted by Gasteiger charge is 1.96. The lowest BCUT2D eigenvalue weighted by molar-refractivity contribution is 0.344. The van der Waals surface area contributed by atoms with E-state index in [1.54, 1.807) is 0 Å². The maximum absolute atomic E-state index is 5.75. The summed E-state index contributed by atoms with van der Waals surface area (Å²) in [4.78, 5) is 4.25. The monoisotopic (exact) mass is 501 g/mol. The number of rotatable bonds is 9. The molecular formula is C15H25BrIN3OS. The van der Waals surface area contributed by atoms with Crippen molar-refractivity contribution in [1.29, 1.82) is 0 Å². The van der Waals surface area contributed by atoms with Gasteiger partial charge in [-0.3, -0.25) is 4.99 Å². The molecule has 1 aromatic rings. The number of ether oxygens (including phenoxy) is 1. The molecule has 22 heavy (non-hydrogen) atoms. The minimum absolute atomic E-state index is 0. The molecule has 0 saturated heterocycles. The highest BCUT2D eigenvalue weighted by molar-refractivity contribution is 14.0. The smallest absolute Gasteiger partial charge is 0.188 e. The molecule has 4 nitrogen and oxygen atoms in total. The summed E-state index contributed by atoms with van der Waals surface area (Å²) in [5.41, 5.74) is 5.75. The zero-order valence-electron chi connectivity index (χ0n) is 13.0. The number of nitrogens with one attached hydrogen (secondary N) is 1. The Hall–Kier alpha value is -0.150. The molecule has 1 aromatic carbocycles. The van der Waals surface area contributed by atoms with E-state index < -0.39 is 0 Å². The van der Waals surface area contributed by atoms with Crippen molar-refractivity contribution in [3.63, 3.8) is 0 Å². The summed E-state index contributed by atoms with van der Waals surface area (Å²) in [6.07, 6.45) is 0. The number of hydrogen-bond acceptors (Lipinski definition) is 3. The fourth-order valence-electron chi connectivity index (χ4n) is 1.47. The Morgan fingerprint density at radius 3 is 2.86 bits per heavy atom. The molecule has 0 aromatic heterocycles. The van der Waals surface area contributed by atoms with E-state index in [1.807, 2.05) is 36.0 Å². The lowest BCUT2D eigenvalue weighted by atomic mass is 10.2. The number of nitrogens with zero attached hydrogens (tertiary/aromatic N) is 1. The molecule has 0 fully saturated rings. The van der Waals surface area contributed by atoms with Crippen molar-refractivity contribution in [2.75, 3.05) is 31.2 Å². The van der Waals surface area contributed by atoms with Gasteiger partial charge in [0, 0.05) is 29.1 Å². The van der Waals surface area contributed by atoms with Crippen molar-refractivity contribution in [1.82, 2.24) is 5.32 Å². The normalized spacial score (nSPS) is 11.2. The van der Waals surface area contributed by atoms with Gasteiger partial charge < -0.3 is 15.8 Å². The number of thioether (sulfide) groups is 1. The molecule has 0 aliphatic carbocycles. The topological polar surface area (TPSA) is 59.6 Å². The Morgan fingerprint density at radius 1 is 1.41 bits per heavy atom. The van der Waals surface area contributed by atoms with Gasteiger partial charge in [0.15, 0.2) is 5.96 Å². The Labute approximate surface area is 163 Å². The van der Waals surface area contributed by atoms with Gasteiger partial charge in [0.25, 0.3) is 0 Å². The molecule has 3 N–H and O–H groups in total. The molecule has 1 rings (SSSR count). The van der Waals surface area contributed by atoms with E-state index in [2.05, 4.69) is 40.1 Å². The third kappa shape index (κ3) is 11.4. The summed E-state index contributed by atoms with van der Waals surface area (Å²) < 4.78 is 6.69. The van der Waals surface area contributed by atoms with Crippen LogP contribution >= 0.6 is 51.7 Å². The lowest BCUT2D eigenvalue weighted by Crippen LogP contribution is -2.33. The van der Waals surface area contributed by atoms with E-state index in [9.17, 15) is 0 Å². The predicted molar refractivity (Wildman–Crippen MR) is 112 cm³/mol. The lowest BCUT2D eigenvalue weighted by Gasteiger charge is -2.08.